The summed E-state index contributed by atoms with van der Waals surface area (Å²) < 4.78 is 0. The first-order valence-electron chi connectivity index (χ1n) is 5.45. The molecule has 1 heterocycles. The van der Waals surface area contributed by atoms with Crippen LogP contribution in [0.2, 0.25) is 0 Å². The molecule has 1 aromatic carbocycles. The van der Waals surface area contributed by atoms with E-state index in [1.54, 1.807) is 0 Å². The van der Waals surface area contributed by atoms with Crippen molar-refractivity contribution in [2.24, 2.45) is 0 Å². The van der Waals surface area contributed by atoms with E-state index >= 15 is 0 Å². The van der Waals surface area contributed by atoms with Gasteiger partial charge in [0.2, 0.25) is 0 Å². The molecule has 0 aromatic heterocycles. The minimum Gasteiger partial charge on any atom is -0.352 e. The zero-order chi connectivity index (χ0) is 11.5. The van der Waals surface area contributed by atoms with Crippen LogP contribution in [0.15, 0.2) is 24.3 Å². The lowest BCUT2D eigenvalue weighted by Crippen LogP contribution is -2.45. The molecule has 1 aromatic rings. The lowest BCUT2D eigenvalue weighted by molar-refractivity contribution is 0.0947. The van der Waals surface area contributed by atoms with Gasteiger partial charge in [-0.25, -0.2) is 0 Å². The Labute approximate surface area is 108 Å². The molecule has 0 bridgehead atoms. The van der Waals surface area contributed by atoms with Crippen LogP contribution in [0.3, 0.4) is 0 Å². The highest BCUT2D eigenvalue weighted by atomic mass is 35.5. The number of benzene rings is 1. The SMILES string of the molecule is CN(C)CCN1CNC(=O)c2ccccc21.Cl. The number of carbonyl (C=O) groups is 1. The predicted octanol–water partition coefficient (Wildman–Crippen LogP) is 1.18. The van der Waals surface area contributed by atoms with Gasteiger partial charge in [0.1, 0.15) is 0 Å². The molecule has 1 N–H and O–H groups in total. The molecular formula is C12H18ClN3O. The predicted molar refractivity (Wildman–Crippen MR) is 71.9 cm³/mol. The molecule has 1 amide bonds. The largest absolute Gasteiger partial charge is 0.352 e. The van der Waals surface area contributed by atoms with Gasteiger partial charge in [-0.05, 0) is 26.2 Å². The average molecular weight is 256 g/mol. The first-order valence-corrected chi connectivity index (χ1v) is 5.45. The van der Waals surface area contributed by atoms with E-state index < -0.39 is 0 Å². The van der Waals surface area contributed by atoms with E-state index in [1.807, 2.05) is 24.3 Å². The topological polar surface area (TPSA) is 35.6 Å². The second kappa shape index (κ2) is 5.89. The van der Waals surface area contributed by atoms with Gasteiger partial charge in [-0.1, -0.05) is 12.1 Å². The Morgan fingerprint density at radius 1 is 1.35 bits per heavy atom. The zero-order valence-corrected chi connectivity index (χ0v) is 11.0. The van der Waals surface area contributed by atoms with Crippen molar-refractivity contribution in [3.63, 3.8) is 0 Å². The Bertz CT molecular complexity index is 395. The van der Waals surface area contributed by atoms with Crippen molar-refractivity contribution in [2.75, 3.05) is 38.8 Å². The second-order valence-corrected chi connectivity index (χ2v) is 4.25. The number of nitrogens with zero attached hydrogens (tertiary/aromatic N) is 2. The number of likely N-dealkylation sites (N-methyl/N-ethyl adjacent to an activating group) is 1. The van der Waals surface area contributed by atoms with Gasteiger partial charge in [0.25, 0.3) is 5.91 Å². The van der Waals surface area contributed by atoms with Crippen molar-refractivity contribution in [1.82, 2.24) is 10.2 Å². The van der Waals surface area contributed by atoms with E-state index in [1.165, 1.54) is 0 Å². The molecule has 0 saturated heterocycles. The number of nitrogens with one attached hydrogen (secondary N) is 1. The third-order valence-corrected chi connectivity index (χ3v) is 2.74. The quantitative estimate of drug-likeness (QED) is 0.881. The van der Waals surface area contributed by atoms with Gasteiger partial charge in [0.15, 0.2) is 0 Å². The van der Waals surface area contributed by atoms with E-state index in [2.05, 4.69) is 29.2 Å². The molecule has 94 valence electrons. The summed E-state index contributed by atoms with van der Waals surface area (Å²) in [7, 11) is 4.10. The molecule has 0 unspecified atom stereocenters. The maximum atomic E-state index is 11.6. The van der Waals surface area contributed by atoms with Gasteiger partial charge < -0.3 is 15.1 Å². The normalized spacial score (nSPS) is 14.1. The van der Waals surface area contributed by atoms with E-state index in [9.17, 15) is 4.79 Å². The fraction of sp³-hybridized carbons (Fsp3) is 0.417. The summed E-state index contributed by atoms with van der Waals surface area (Å²) in [5.74, 6) is 0.0247. The van der Waals surface area contributed by atoms with Crippen LogP contribution < -0.4 is 10.2 Å². The molecule has 2 rings (SSSR count). The van der Waals surface area contributed by atoms with Crippen molar-refractivity contribution >= 4 is 24.0 Å². The summed E-state index contributed by atoms with van der Waals surface area (Å²) in [4.78, 5) is 16.0. The lowest BCUT2D eigenvalue weighted by atomic mass is 10.1. The third-order valence-electron chi connectivity index (χ3n) is 2.74. The standard InChI is InChI=1S/C12H17N3O.ClH/c1-14(2)7-8-15-9-13-12(16)10-5-3-4-6-11(10)15;/h3-6H,7-9H2,1-2H3,(H,13,16);1H. The molecule has 0 saturated carbocycles. The van der Waals surface area contributed by atoms with E-state index in [0.717, 1.165) is 24.3 Å². The Balaban J connectivity index is 0.00000144. The van der Waals surface area contributed by atoms with Crippen LogP contribution in [0.25, 0.3) is 0 Å². The van der Waals surface area contributed by atoms with E-state index in [4.69, 9.17) is 0 Å². The highest BCUT2D eigenvalue weighted by molar-refractivity contribution is 6.01. The number of halogens is 1. The van der Waals surface area contributed by atoms with Gasteiger partial charge in [0.05, 0.1) is 17.9 Å². The first kappa shape index (κ1) is 13.8. The van der Waals surface area contributed by atoms with Gasteiger partial charge in [-0.3, -0.25) is 4.79 Å². The smallest absolute Gasteiger partial charge is 0.254 e. The monoisotopic (exact) mass is 255 g/mol. The summed E-state index contributed by atoms with van der Waals surface area (Å²) >= 11 is 0. The van der Waals surface area contributed by atoms with Crippen LogP contribution >= 0.6 is 12.4 Å². The van der Waals surface area contributed by atoms with Crippen molar-refractivity contribution in [3.05, 3.63) is 29.8 Å². The molecule has 0 radical (unpaired) electrons. The number of fused-ring (bicyclic) bond motifs is 1. The Morgan fingerprint density at radius 2 is 2.06 bits per heavy atom. The Morgan fingerprint density at radius 3 is 2.76 bits per heavy atom. The molecular weight excluding hydrogens is 238 g/mol. The van der Waals surface area contributed by atoms with Crippen molar-refractivity contribution in [2.45, 2.75) is 0 Å². The summed E-state index contributed by atoms with van der Waals surface area (Å²) in [6.07, 6.45) is 0. The van der Waals surface area contributed by atoms with E-state index in [0.29, 0.717) is 6.67 Å². The molecule has 0 spiro atoms. The average Bonchev–Trinajstić information content (AvgIpc) is 2.28. The molecule has 0 fully saturated rings. The first-order chi connectivity index (χ1) is 7.68. The maximum Gasteiger partial charge on any atom is 0.254 e. The van der Waals surface area contributed by atoms with Gasteiger partial charge in [-0.15, -0.1) is 12.4 Å². The van der Waals surface area contributed by atoms with Gasteiger partial charge in [-0.2, -0.15) is 0 Å². The molecule has 0 atom stereocenters. The van der Waals surface area contributed by atoms with Crippen molar-refractivity contribution in [1.29, 1.82) is 0 Å². The summed E-state index contributed by atoms with van der Waals surface area (Å²) in [5, 5.41) is 2.88. The third kappa shape index (κ3) is 3.11. The van der Waals surface area contributed by atoms with Crippen molar-refractivity contribution < 1.29 is 4.79 Å². The number of para-hydroxylation sites is 1. The Kier molecular flexibility index (Phi) is 4.78. The molecule has 5 heteroatoms. The van der Waals surface area contributed by atoms with Crippen LogP contribution in [-0.4, -0.2) is 44.7 Å². The minimum absolute atomic E-state index is 0. The van der Waals surface area contributed by atoms with Crippen LogP contribution in [0.1, 0.15) is 10.4 Å². The van der Waals surface area contributed by atoms with Crippen LogP contribution in [0.4, 0.5) is 5.69 Å². The molecule has 0 aliphatic carbocycles. The number of hydrogen-bond acceptors (Lipinski definition) is 3. The number of carbonyl (C=O) groups excluding carboxylic acids is 1. The van der Waals surface area contributed by atoms with Crippen molar-refractivity contribution in [3.8, 4) is 0 Å². The highest BCUT2D eigenvalue weighted by Gasteiger charge is 2.21. The molecule has 1 aliphatic rings. The van der Waals surface area contributed by atoms with E-state index in [-0.39, 0.29) is 18.3 Å². The minimum atomic E-state index is 0. The number of hydrogen-bond donors (Lipinski definition) is 1. The van der Waals surface area contributed by atoms with Crippen LogP contribution in [0, 0.1) is 0 Å². The van der Waals surface area contributed by atoms with Gasteiger partial charge in [0, 0.05) is 13.1 Å². The second-order valence-electron chi connectivity index (χ2n) is 4.25. The summed E-state index contributed by atoms with van der Waals surface area (Å²) in [6.45, 7) is 2.50. The Hall–Kier alpha value is -1.26. The fourth-order valence-corrected chi connectivity index (χ4v) is 1.81. The summed E-state index contributed by atoms with van der Waals surface area (Å²) in [5.41, 5.74) is 1.81. The number of amides is 1. The summed E-state index contributed by atoms with van der Waals surface area (Å²) in [6, 6.07) is 7.74. The highest BCUT2D eigenvalue weighted by Crippen LogP contribution is 2.22. The zero-order valence-electron chi connectivity index (χ0n) is 10.1. The fourth-order valence-electron chi connectivity index (χ4n) is 1.81. The van der Waals surface area contributed by atoms with Crippen LogP contribution in [-0.2, 0) is 0 Å². The lowest BCUT2D eigenvalue weighted by Gasteiger charge is -2.31. The number of anilines is 1. The molecule has 1 aliphatic heterocycles. The van der Waals surface area contributed by atoms with Crippen LogP contribution in [0.5, 0.6) is 0 Å². The maximum absolute atomic E-state index is 11.6. The molecule has 17 heavy (non-hydrogen) atoms. The molecule has 4 nitrogen and oxygen atoms in total. The van der Waals surface area contributed by atoms with Gasteiger partial charge >= 0.3 is 0 Å². The number of rotatable bonds is 3.